The van der Waals surface area contributed by atoms with E-state index < -0.39 is 4.92 Å². The maximum atomic E-state index is 10.6. The van der Waals surface area contributed by atoms with Crippen molar-refractivity contribution in [1.29, 1.82) is 0 Å². The normalized spacial score (nSPS) is 11.4. The molecule has 0 spiro atoms. The van der Waals surface area contributed by atoms with E-state index in [1.54, 1.807) is 18.3 Å². The van der Waals surface area contributed by atoms with E-state index in [9.17, 15) is 10.1 Å². The van der Waals surface area contributed by atoms with Gasteiger partial charge in [-0.15, -0.1) is 0 Å². The van der Waals surface area contributed by atoms with Crippen molar-refractivity contribution in [2.24, 2.45) is 5.10 Å². The predicted octanol–water partition coefficient (Wildman–Crippen LogP) is 3.73. The topological polar surface area (TPSA) is 106 Å². The Kier molecular flexibility index (Phi) is 3.55. The molecule has 8 nitrogen and oxygen atoms in total. The Labute approximate surface area is 141 Å². The van der Waals surface area contributed by atoms with E-state index in [2.05, 4.69) is 20.5 Å². The molecule has 0 amide bonds. The van der Waals surface area contributed by atoms with Crippen molar-refractivity contribution in [1.82, 2.24) is 9.97 Å². The predicted molar refractivity (Wildman–Crippen MR) is 93.6 cm³/mol. The summed E-state index contributed by atoms with van der Waals surface area (Å²) in [4.78, 5) is 18.6. The summed E-state index contributed by atoms with van der Waals surface area (Å²) >= 11 is 0. The molecule has 0 radical (unpaired) electrons. The maximum absolute atomic E-state index is 10.6. The van der Waals surface area contributed by atoms with Crippen LogP contribution in [0.15, 0.2) is 64.4 Å². The first-order chi connectivity index (χ1) is 12.2. The fourth-order valence-corrected chi connectivity index (χ4v) is 2.45. The van der Waals surface area contributed by atoms with Gasteiger partial charge in [0, 0.05) is 17.5 Å². The van der Waals surface area contributed by atoms with Crippen LogP contribution in [0.4, 0.5) is 11.5 Å². The van der Waals surface area contributed by atoms with E-state index in [1.807, 2.05) is 24.3 Å². The second-order valence-electron chi connectivity index (χ2n) is 5.22. The molecular weight excluding hydrogens is 322 g/mol. The molecule has 122 valence electrons. The zero-order chi connectivity index (χ0) is 17.2. The first-order valence-corrected chi connectivity index (χ1v) is 7.38. The Hall–Kier alpha value is -3.81. The average Bonchev–Trinajstić information content (AvgIpc) is 3.02. The van der Waals surface area contributed by atoms with Gasteiger partial charge in [0.1, 0.15) is 17.4 Å². The minimum Gasteiger partial charge on any atom is -0.450 e. The van der Waals surface area contributed by atoms with Gasteiger partial charge < -0.3 is 4.42 Å². The zero-order valence-electron chi connectivity index (χ0n) is 12.8. The van der Waals surface area contributed by atoms with Gasteiger partial charge in [-0.1, -0.05) is 12.1 Å². The summed E-state index contributed by atoms with van der Waals surface area (Å²) in [5, 5.41) is 15.7. The summed E-state index contributed by atoms with van der Waals surface area (Å²) in [6.07, 6.45) is 2.98. The number of nitrogens with zero attached hydrogens (tertiary/aromatic N) is 4. The number of nitro benzene ring substituents is 1. The fourth-order valence-electron chi connectivity index (χ4n) is 2.45. The van der Waals surface area contributed by atoms with E-state index in [0.717, 1.165) is 11.0 Å². The molecule has 8 heteroatoms. The van der Waals surface area contributed by atoms with Gasteiger partial charge in [-0.25, -0.2) is 9.97 Å². The van der Waals surface area contributed by atoms with E-state index >= 15 is 0 Å². The van der Waals surface area contributed by atoms with Gasteiger partial charge in [0.25, 0.3) is 5.69 Å². The molecule has 25 heavy (non-hydrogen) atoms. The summed E-state index contributed by atoms with van der Waals surface area (Å²) in [5.41, 5.74) is 5.52. The number of non-ortho nitro benzene ring substituents is 1. The number of para-hydroxylation sites is 1. The van der Waals surface area contributed by atoms with Crippen LogP contribution in [0.3, 0.4) is 0 Å². The van der Waals surface area contributed by atoms with Crippen LogP contribution in [0.2, 0.25) is 0 Å². The number of hydrogen-bond acceptors (Lipinski definition) is 7. The third-order valence-corrected chi connectivity index (χ3v) is 3.65. The highest BCUT2D eigenvalue weighted by Gasteiger charge is 2.12. The number of anilines is 1. The summed E-state index contributed by atoms with van der Waals surface area (Å²) < 4.78 is 5.79. The van der Waals surface area contributed by atoms with E-state index in [0.29, 0.717) is 22.5 Å². The van der Waals surface area contributed by atoms with Crippen molar-refractivity contribution < 1.29 is 9.34 Å². The Morgan fingerprint density at radius 1 is 1.12 bits per heavy atom. The Morgan fingerprint density at radius 3 is 2.72 bits per heavy atom. The molecule has 0 saturated heterocycles. The van der Waals surface area contributed by atoms with Crippen LogP contribution in [0.5, 0.6) is 0 Å². The average molecular weight is 333 g/mol. The summed E-state index contributed by atoms with van der Waals surface area (Å²) in [6, 6.07) is 13.7. The van der Waals surface area contributed by atoms with Gasteiger partial charge >= 0.3 is 0 Å². The quantitative estimate of drug-likeness (QED) is 0.346. The highest BCUT2D eigenvalue weighted by Crippen LogP contribution is 2.30. The van der Waals surface area contributed by atoms with Gasteiger partial charge in [-0.05, 0) is 29.8 Å². The minimum atomic E-state index is -0.446. The highest BCUT2D eigenvalue weighted by molar-refractivity contribution is 6.05. The van der Waals surface area contributed by atoms with Crippen LogP contribution < -0.4 is 5.43 Å². The van der Waals surface area contributed by atoms with E-state index in [4.69, 9.17) is 4.42 Å². The number of aromatic nitrogens is 2. The molecule has 0 unspecified atom stereocenters. The fraction of sp³-hybridized carbons (Fsp3) is 0. The third kappa shape index (κ3) is 2.76. The summed E-state index contributed by atoms with van der Waals surface area (Å²) in [6.45, 7) is 0. The summed E-state index contributed by atoms with van der Waals surface area (Å²) in [7, 11) is 0. The van der Waals surface area contributed by atoms with Gasteiger partial charge in [0.05, 0.1) is 11.1 Å². The molecular formula is C17H11N5O3. The Balaban J connectivity index is 1.61. The monoisotopic (exact) mass is 333 g/mol. The van der Waals surface area contributed by atoms with Crippen molar-refractivity contribution >= 4 is 39.8 Å². The van der Waals surface area contributed by atoms with Crippen LogP contribution in [-0.4, -0.2) is 21.1 Å². The number of nitro groups is 1. The molecule has 0 aliphatic heterocycles. The number of hydrazone groups is 1. The molecule has 1 N–H and O–H groups in total. The van der Waals surface area contributed by atoms with Crippen molar-refractivity contribution in [2.75, 3.05) is 5.43 Å². The molecule has 0 bridgehead atoms. The number of rotatable bonds is 4. The lowest BCUT2D eigenvalue weighted by Crippen LogP contribution is -1.95. The smallest absolute Gasteiger partial charge is 0.269 e. The van der Waals surface area contributed by atoms with Gasteiger partial charge in [0.15, 0.2) is 11.4 Å². The second kappa shape index (κ2) is 6.00. The van der Waals surface area contributed by atoms with Crippen molar-refractivity contribution in [2.45, 2.75) is 0 Å². The molecule has 4 aromatic rings. The number of nitrogens with one attached hydrogen (secondary N) is 1. The lowest BCUT2D eigenvalue weighted by Gasteiger charge is -1.99. The largest absolute Gasteiger partial charge is 0.450 e. The highest BCUT2D eigenvalue weighted by atomic mass is 16.6. The molecule has 0 aliphatic carbocycles. The molecule has 2 aromatic carbocycles. The number of fused-ring (bicyclic) bond motifs is 3. The molecule has 2 aromatic heterocycles. The standard InChI is InChI=1S/C17H11N5O3/c23-22(24)12-7-5-11(6-8-12)9-20-21-17-16-15(18-10-19-17)13-3-1-2-4-14(13)25-16/h1-10H,(H,18,19,21)/b20-9-. The van der Waals surface area contributed by atoms with Crippen molar-refractivity contribution in [3.05, 3.63) is 70.5 Å². The number of benzene rings is 2. The van der Waals surface area contributed by atoms with Crippen LogP contribution in [-0.2, 0) is 0 Å². The van der Waals surface area contributed by atoms with Crippen LogP contribution in [0.25, 0.3) is 22.1 Å². The number of hydrogen-bond donors (Lipinski definition) is 1. The summed E-state index contributed by atoms with van der Waals surface area (Å²) in [5.74, 6) is 0.444. The first kappa shape index (κ1) is 14.8. The third-order valence-electron chi connectivity index (χ3n) is 3.65. The lowest BCUT2D eigenvalue weighted by atomic mass is 10.2. The number of furan rings is 1. The van der Waals surface area contributed by atoms with Crippen LogP contribution >= 0.6 is 0 Å². The SMILES string of the molecule is O=[N+]([O-])c1ccc(/C=N\Nc2ncnc3c2oc2ccccc23)cc1. The van der Waals surface area contributed by atoms with Crippen LogP contribution in [0.1, 0.15) is 5.56 Å². The van der Waals surface area contributed by atoms with Crippen molar-refractivity contribution in [3.8, 4) is 0 Å². The van der Waals surface area contributed by atoms with Crippen molar-refractivity contribution in [3.63, 3.8) is 0 Å². The first-order valence-electron chi connectivity index (χ1n) is 7.38. The van der Waals surface area contributed by atoms with E-state index in [-0.39, 0.29) is 5.69 Å². The Bertz CT molecular complexity index is 1100. The molecule has 4 rings (SSSR count). The molecule has 2 heterocycles. The molecule has 0 aliphatic rings. The molecule has 0 fully saturated rings. The van der Waals surface area contributed by atoms with Gasteiger partial charge in [0.2, 0.25) is 0 Å². The lowest BCUT2D eigenvalue weighted by molar-refractivity contribution is -0.384. The van der Waals surface area contributed by atoms with Crippen LogP contribution in [0, 0.1) is 10.1 Å². The zero-order valence-corrected chi connectivity index (χ0v) is 12.8. The van der Waals surface area contributed by atoms with E-state index in [1.165, 1.54) is 18.5 Å². The molecule has 0 atom stereocenters. The van der Waals surface area contributed by atoms with Gasteiger partial charge in [-0.3, -0.25) is 15.5 Å². The second-order valence-corrected chi connectivity index (χ2v) is 5.22. The minimum absolute atomic E-state index is 0.0323. The van der Waals surface area contributed by atoms with Gasteiger partial charge in [-0.2, -0.15) is 5.10 Å². The Morgan fingerprint density at radius 2 is 1.92 bits per heavy atom. The molecule has 0 saturated carbocycles. The maximum Gasteiger partial charge on any atom is 0.269 e.